The summed E-state index contributed by atoms with van der Waals surface area (Å²) in [4.78, 5) is 6.84. The van der Waals surface area contributed by atoms with Crippen LogP contribution in [0.3, 0.4) is 0 Å². The molecule has 0 unspecified atom stereocenters. The van der Waals surface area contributed by atoms with Crippen LogP contribution in [0.25, 0.3) is 38.8 Å². The van der Waals surface area contributed by atoms with Crippen LogP contribution in [0.5, 0.6) is 0 Å². The van der Waals surface area contributed by atoms with Crippen molar-refractivity contribution in [2.75, 3.05) is 0 Å². The first kappa shape index (κ1) is 26.0. The molecule has 5 heteroatoms. The number of nitrogens with zero attached hydrogens (tertiary/aromatic N) is 3. The van der Waals surface area contributed by atoms with Gasteiger partial charge in [-0.3, -0.25) is 0 Å². The van der Waals surface area contributed by atoms with Crippen LogP contribution in [0.1, 0.15) is 38.1 Å². The fourth-order valence-electron chi connectivity index (χ4n) is 5.63. The summed E-state index contributed by atoms with van der Waals surface area (Å²) in [5.74, 6) is 0. The second kappa shape index (κ2) is 11.5. The number of aromatic nitrogens is 3. The molecule has 39 heavy (non-hydrogen) atoms. The van der Waals surface area contributed by atoms with E-state index in [1.165, 1.54) is 63.7 Å². The number of hydrogen-bond acceptors (Lipinski definition) is 2. The third-order valence-electron chi connectivity index (χ3n) is 7.48. The molecule has 3 heterocycles. The van der Waals surface area contributed by atoms with Crippen LogP contribution < -0.4 is 4.57 Å². The van der Waals surface area contributed by atoms with E-state index in [0.717, 1.165) is 16.9 Å². The Morgan fingerprint density at radius 3 is 2.51 bits per heavy atom. The van der Waals surface area contributed by atoms with Crippen molar-refractivity contribution >= 4 is 33.6 Å². The molecule has 1 aliphatic carbocycles. The summed E-state index contributed by atoms with van der Waals surface area (Å²) in [6, 6.07) is 38.4. The number of rotatable bonds is 2. The standard InChI is InChI=1S/C23H19N2S.C11H8N.Ir/c1-2-8-17(9-3-1)24-15-25-20-14-13-16-7-4-5-10-18(16)23(20)26-21-12-6-11-19(24)22(21)25;1-2-6-10(7-3-1)11-8-4-5-9-12-11;/h4-7,10-13,17H,1-3,8-9H2;1-6,8-9H;/q2*-1;+3. The predicted molar refractivity (Wildman–Crippen MR) is 153 cm³/mol. The average molecular weight is 702 g/mol. The monoisotopic (exact) mass is 702 g/mol. The van der Waals surface area contributed by atoms with Crippen molar-refractivity contribution in [2.45, 2.75) is 47.9 Å². The third-order valence-corrected chi connectivity index (χ3v) is 8.65. The second-order valence-electron chi connectivity index (χ2n) is 9.87. The summed E-state index contributed by atoms with van der Waals surface area (Å²) in [6.45, 7) is 0. The Labute approximate surface area is 247 Å². The minimum Gasteiger partial charge on any atom is -0.340 e. The van der Waals surface area contributed by atoms with E-state index in [2.05, 4.69) is 81.1 Å². The van der Waals surface area contributed by atoms with Gasteiger partial charge in [0.05, 0.1) is 17.1 Å². The van der Waals surface area contributed by atoms with Crippen molar-refractivity contribution in [2.24, 2.45) is 0 Å². The fourth-order valence-corrected chi connectivity index (χ4v) is 6.83. The van der Waals surface area contributed by atoms with Crippen molar-refractivity contribution < 1.29 is 24.7 Å². The number of benzene rings is 4. The van der Waals surface area contributed by atoms with E-state index in [1.54, 1.807) is 6.20 Å². The minimum atomic E-state index is 0. The first-order chi connectivity index (χ1) is 18.9. The third kappa shape index (κ3) is 4.96. The molecular formula is C34H27IrN3S+. The number of pyridine rings is 1. The van der Waals surface area contributed by atoms with Crippen molar-refractivity contribution in [3.8, 4) is 16.9 Å². The number of hydrogen-bond donors (Lipinski definition) is 0. The summed E-state index contributed by atoms with van der Waals surface area (Å²) in [5, 5.41) is 2.56. The zero-order chi connectivity index (χ0) is 25.3. The van der Waals surface area contributed by atoms with Gasteiger partial charge in [-0.05, 0) is 48.0 Å². The van der Waals surface area contributed by atoms with E-state index in [4.69, 9.17) is 0 Å². The van der Waals surface area contributed by atoms with Crippen molar-refractivity contribution in [1.29, 1.82) is 0 Å². The second-order valence-corrected chi connectivity index (χ2v) is 10.9. The largest absolute Gasteiger partial charge is 3.00 e. The van der Waals surface area contributed by atoms with Crippen LogP contribution in [-0.2, 0) is 20.1 Å². The SMILES string of the molecule is [Ir+3].[c-]1cc2ccccc2c2c1-[n+]1[c-]n(C3CCCCC3)c3cccc(c31)S2.[c-]1ccccc1-c1ccccn1. The van der Waals surface area contributed by atoms with E-state index in [-0.39, 0.29) is 20.1 Å². The summed E-state index contributed by atoms with van der Waals surface area (Å²) in [5.41, 5.74) is 5.76. The Balaban J connectivity index is 0.000000180. The van der Waals surface area contributed by atoms with Crippen LogP contribution in [0.4, 0.5) is 0 Å². The van der Waals surface area contributed by atoms with Gasteiger partial charge in [-0.1, -0.05) is 59.8 Å². The first-order valence-electron chi connectivity index (χ1n) is 13.3. The van der Waals surface area contributed by atoms with Gasteiger partial charge in [0.1, 0.15) is 0 Å². The minimum absolute atomic E-state index is 0. The Morgan fingerprint density at radius 1 is 0.846 bits per heavy atom. The molecule has 192 valence electrons. The molecule has 1 aliphatic heterocycles. The van der Waals surface area contributed by atoms with Crippen molar-refractivity contribution in [3.63, 3.8) is 0 Å². The summed E-state index contributed by atoms with van der Waals surface area (Å²) in [7, 11) is 0. The molecule has 2 aromatic heterocycles. The van der Waals surface area contributed by atoms with Gasteiger partial charge in [0.2, 0.25) is 6.33 Å². The number of fused-ring (bicyclic) bond motifs is 4. The Bertz CT molecular complexity index is 1690. The van der Waals surface area contributed by atoms with Crippen LogP contribution in [0.2, 0.25) is 0 Å². The van der Waals surface area contributed by atoms with Gasteiger partial charge in [0.25, 0.3) is 0 Å². The molecule has 4 aromatic carbocycles. The van der Waals surface area contributed by atoms with E-state index < -0.39 is 0 Å². The zero-order valence-electron chi connectivity index (χ0n) is 21.4. The Kier molecular flexibility index (Phi) is 7.65. The molecule has 0 atom stereocenters. The maximum atomic E-state index is 4.22. The predicted octanol–water partition coefficient (Wildman–Crippen LogP) is 8.19. The molecule has 0 spiro atoms. The summed E-state index contributed by atoms with van der Waals surface area (Å²) in [6.07, 6.45) is 12.1. The molecule has 1 fully saturated rings. The molecule has 1 saturated carbocycles. The van der Waals surface area contributed by atoms with Gasteiger partial charge >= 0.3 is 20.1 Å². The van der Waals surface area contributed by atoms with Crippen LogP contribution in [-0.4, -0.2) is 9.55 Å². The van der Waals surface area contributed by atoms with Gasteiger partial charge in [-0.2, -0.15) is 23.9 Å². The van der Waals surface area contributed by atoms with Crippen LogP contribution in [0, 0.1) is 18.5 Å². The van der Waals surface area contributed by atoms with Gasteiger partial charge in [-0.25, -0.2) is 0 Å². The Hall–Kier alpha value is -3.24. The smallest absolute Gasteiger partial charge is 0.340 e. The van der Waals surface area contributed by atoms with Crippen molar-refractivity contribution in [1.82, 2.24) is 9.55 Å². The molecule has 0 N–H and O–H groups in total. The van der Waals surface area contributed by atoms with E-state index >= 15 is 0 Å². The Morgan fingerprint density at radius 2 is 1.69 bits per heavy atom. The van der Waals surface area contributed by atoms with Crippen molar-refractivity contribution in [3.05, 3.63) is 116 Å². The van der Waals surface area contributed by atoms with Gasteiger partial charge in [-0.15, -0.1) is 52.7 Å². The summed E-state index contributed by atoms with van der Waals surface area (Å²) < 4.78 is 4.67. The zero-order valence-corrected chi connectivity index (χ0v) is 24.6. The molecule has 0 radical (unpaired) electrons. The summed E-state index contributed by atoms with van der Waals surface area (Å²) >= 11 is 1.88. The van der Waals surface area contributed by atoms with Crippen LogP contribution in [0.15, 0.2) is 107 Å². The molecule has 0 bridgehead atoms. The topological polar surface area (TPSA) is 21.7 Å². The molecule has 0 saturated heterocycles. The van der Waals surface area contributed by atoms with E-state index in [1.807, 2.05) is 54.2 Å². The van der Waals surface area contributed by atoms with E-state index in [0.29, 0.717) is 6.04 Å². The van der Waals surface area contributed by atoms with Gasteiger partial charge in [0, 0.05) is 6.20 Å². The first-order valence-corrected chi connectivity index (χ1v) is 14.2. The van der Waals surface area contributed by atoms with Gasteiger partial charge in [0.15, 0.2) is 0 Å². The molecular weight excluding hydrogens is 675 g/mol. The molecule has 6 aromatic rings. The number of imidazole rings is 1. The van der Waals surface area contributed by atoms with Gasteiger partial charge < -0.3 is 14.1 Å². The molecule has 3 nitrogen and oxygen atoms in total. The number of para-hydroxylation sites is 1. The van der Waals surface area contributed by atoms with Crippen LogP contribution >= 0.6 is 11.8 Å². The maximum absolute atomic E-state index is 4.22. The maximum Gasteiger partial charge on any atom is 3.00 e. The average Bonchev–Trinajstić information content (AvgIpc) is 3.40. The molecule has 0 amide bonds. The normalized spacial score (nSPS) is 14.3. The molecule has 8 rings (SSSR count). The fraction of sp³-hybridized carbons (Fsp3) is 0.176. The molecule has 2 aliphatic rings. The van der Waals surface area contributed by atoms with E-state index in [9.17, 15) is 0 Å². The quantitative estimate of drug-likeness (QED) is 0.134.